The van der Waals surface area contributed by atoms with Crippen LogP contribution < -0.4 is 5.73 Å². The number of aliphatic hydroxyl groups is 2. The van der Waals surface area contributed by atoms with Gasteiger partial charge in [-0.3, -0.25) is 9.13 Å². The average molecular weight is 361 g/mol. The van der Waals surface area contributed by atoms with Crippen molar-refractivity contribution in [3.05, 3.63) is 12.7 Å². The smallest absolute Gasteiger partial charge is 0.350 e. The van der Waals surface area contributed by atoms with E-state index < -0.39 is 38.5 Å². The molecular weight excluding hydrogens is 345 g/mol. The highest BCUT2D eigenvalue weighted by Crippen LogP contribution is 2.35. The van der Waals surface area contributed by atoms with Gasteiger partial charge in [0.25, 0.3) is 0 Å². The molecule has 1 saturated heterocycles. The first-order chi connectivity index (χ1) is 11.3. The van der Waals surface area contributed by atoms with Crippen molar-refractivity contribution in [1.29, 1.82) is 0 Å². The fraction of sp³-hybridized carbons (Fsp3) is 0.545. The molecule has 24 heavy (non-hydrogen) atoms. The topological polar surface area (TPSA) is 186 Å². The largest absolute Gasteiger partial charge is 0.387 e. The van der Waals surface area contributed by atoms with Crippen LogP contribution in [0.15, 0.2) is 12.7 Å². The van der Waals surface area contributed by atoms with Crippen molar-refractivity contribution < 1.29 is 34.0 Å². The first-order valence-electron chi connectivity index (χ1n) is 6.85. The molecule has 1 fully saturated rings. The van der Waals surface area contributed by atoms with Crippen LogP contribution in [0.25, 0.3) is 11.2 Å². The van der Waals surface area contributed by atoms with Crippen LogP contribution in [-0.4, -0.2) is 70.8 Å². The second-order valence-electron chi connectivity index (χ2n) is 5.29. The molecule has 2 aromatic heterocycles. The monoisotopic (exact) mass is 361 g/mol. The fourth-order valence-electron chi connectivity index (χ4n) is 2.44. The summed E-state index contributed by atoms with van der Waals surface area (Å²) < 4.78 is 22.5. The van der Waals surface area contributed by atoms with Crippen LogP contribution in [0.1, 0.15) is 6.23 Å². The summed E-state index contributed by atoms with van der Waals surface area (Å²) in [6, 6.07) is 0. The number of nitrogen functional groups attached to an aromatic ring is 1. The molecule has 1 unspecified atom stereocenters. The minimum atomic E-state index is -4.33. The van der Waals surface area contributed by atoms with Crippen LogP contribution in [0.3, 0.4) is 0 Å². The second kappa shape index (κ2) is 6.33. The zero-order valence-corrected chi connectivity index (χ0v) is 13.1. The van der Waals surface area contributed by atoms with Gasteiger partial charge in [-0.25, -0.2) is 15.0 Å². The number of hydrogen-bond acceptors (Lipinski definition) is 9. The van der Waals surface area contributed by atoms with Gasteiger partial charge in [0.2, 0.25) is 0 Å². The summed E-state index contributed by atoms with van der Waals surface area (Å²) >= 11 is 0. The summed E-state index contributed by atoms with van der Waals surface area (Å²) in [5.74, 6) is 0.160. The van der Waals surface area contributed by atoms with Gasteiger partial charge in [-0.2, -0.15) is 0 Å². The molecule has 1 aliphatic rings. The van der Waals surface area contributed by atoms with E-state index in [1.807, 2.05) is 0 Å². The van der Waals surface area contributed by atoms with E-state index in [1.165, 1.54) is 17.2 Å². The molecule has 132 valence electrons. The van der Waals surface area contributed by atoms with E-state index in [0.717, 1.165) is 0 Å². The molecule has 6 N–H and O–H groups in total. The molecule has 0 bridgehead atoms. The normalized spacial score (nSPS) is 27.8. The molecule has 12 nitrogen and oxygen atoms in total. The van der Waals surface area contributed by atoms with Gasteiger partial charge in [0.15, 0.2) is 17.7 Å². The third-order valence-corrected chi connectivity index (χ3v) is 4.06. The number of fused-ring (bicyclic) bond motifs is 1. The predicted octanol–water partition coefficient (Wildman–Crippen LogP) is -1.82. The fourth-order valence-corrected chi connectivity index (χ4v) is 2.78. The van der Waals surface area contributed by atoms with Crippen molar-refractivity contribution in [2.45, 2.75) is 24.5 Å². The lowest BCUT2D eigenvalue weighted by molar-refractivity contribution is -0.0612. The summed E-state index contributed by atoms with van der Waals surface area (Å²) in [6.45, 7) is -0.302. The zero-order chi connectivity index (χ0) is 17.5. The maximum absolute atomic E-state index is 10.8. The SMILES string of the molecule is Nc1ncnc2c1ncn2[C@@H]1OC(COCP(=O)(O)O)[C@@H](O)[C@H]1O. The van der Waals surface area contributed by atoms with Gasteiger partial charge >= 0.3 is 7.60 Å². The lowest BCUT2D eigenvalue weighted by Gasteiger charge is -2.16. The van der Waals surface area contributed by atoms with Crippen LogP contribution >= 0.6 is 7.60 Å². The van der Waals surface area contributed by atoms with Gasteiger partial charge in [-0.1, -0.05) is 0 Å². The Balaban J connectivity index is 1.77. The number of nitrogens with two attached hydrogens (primary N) is 1. The highest BCUT2D eigenvalue weighted by atomic mass is 31.2. The molecule has 0 amide bonds. The minimum absolute atomic E-state index is 0.160. The zero-order valence-electron chi connectivity index (χ0n) is 12.2. The van der Waals surface area contributed by atoms with E-state index in [2.05, 4.69) is 15.0 Å². The van der Waals surface area contributed by atoms with Gasteiger partial charge < -0.3 is 35.2 Å². The highest BCUT2D eigenvalue weighted by Gasteiger charge is 2.44. The van der Waals surface area contributed by atoms with Crippen molar-refractivity contribution in [2.24, 2.45) is 0 Å². The Hall–Kier alpha value is -1.66. The maximum Gasteiger partial charge on any atom is 0.350 e. The molecule has 0 radical (unpaired) electrons. The molecule has 3 heterocycles. The second-order valence-corrected chi connectivity index (χ2v) is 6.88. The molecule has 3 rings (SSSR count). The Bertz CT molecular complexity index is 779. The van der Waals surface area contributed by atoms with E-state index in [0.29, 0.717) is 11.2 Å². The summed E-state index contributed by atoms with van der Waals surface area (Å²) in [4.78, 5) is 29.4. The molecular formula is C11H16N5O7P. The number of aliphatic hydroxyl groups excluding tert-OH is 2. The summed E-state index contributed by atoms with van der Waals surface area (Å²) in [6.07, 6.45) is -2.86. The number of imidazole rings is 1. The molecule has 0 aliphatic carbocycles. The van der Waals surface area contributed by atoms with Crippen LogP contribution in [0.2, 0.25) is 0 Å². The number of hydrogen-bond donors (Lipinski definition) is 5. The molecule has 0 saturated carbocycles. The van der Waals surface area contributed by atoms with Gasteiger partial charge in [0.1, 0.15) is 36.5 Å². The van der Waals surface area contributed by atoms with Gasteiger partial charge in [0, 0.05) is 0 Å². The van der Waals surface area contributed by atoms with Crippen LogP contribution in [-0.2, 0) is 14.0 Å². The Labute approximate surface area is 135 Å². The lowest BCUT2D eigenvalue weighted by atomic mass is 10.1. The standard InChI is InChI=1S/C11H16N5O7P/c12-9-6-10(14-2-13-9)16(3-15-6)11-8(18)7(17)5(23-11)1-22-4-24(19,20)21/h2-3,5,7-8,11,17-18H,1,4H2,(H2,12,13,14)(H2,19,20,21)/t5?,7-,8-,11-/m1/s1. The Kier molecular flexibility index (Phi) is 4.53. The van der Waals surface area contributed by atoms with Crippen molar-refractivity contribution in [1.82, 2.24) is 19.5 Å². The van der Waals surface area contributed by atoms with E-state index in [1.54, 1.807) is 0 Å². The summed E-state index contributed by atoms with van der Waals surface area (Å²) in [7, 11) is -4.33. The third-order valence-electron chi connectivity index (χ3n) is 3.54. The van der Waals surface area contributed by atoms with Crippen molar-refractivity contribution in [3.8, 4) is 0 Å². The van der Waals surface area contributed by atoms with Crippen molar-refractivity contribution in [3.63, 3.8) is 0 Å². The minimum Gasteiger partial charge on any atom is -0.387 e. The van der Waals surface area contributed by atoms with Crippen LogP contribution in [0.5, 0.6) is 0 Å². The first-order valence-corrected chi connectivity index (χ1v) is 8.64. The van der Waals surface area contributed by atoms with Crippen molar-refractivity contribution >= 4 is 24.6 Å². The van der Waals surface area contributed by atoms with E-state index in [4.69, 9.17) is 25.0 Å². The number of nitrogens with zero attached hydrogens (tertiary/aromatic N) is 4. The van der Waals surface area contributed by atoms with Crippen LogP contribution in [0, 0.1) is 0 Å². The first kappa shape index (κ1) is 17.2. The van der Waals surface area contributed by atoms with E-state index in [9.17, 15) is 14.8 Å². The number of rotatable bonds is 5. The average Bonchev–Trinajstić information content (AvgIpc) is 3.03. The molecule has 1 aliphatic heterocycles. The highest BCUT2D eigenvalue weighted by molar-refractivity contribution is 7.51. The van der Waals surface area contributed by atoms with Gasteiger partial charge in [-0.15, -0.1) is 0 Å². The molecule has 13 heteroatoms. The molecule has 0 spiro atoms. The number of aromatic nitrogens is 4. The lowest BCUT2D eigenvalue weighted by Crippen LogP contribution is -2.33. The van der Waals surface area contributed by atoms with Crippen molar-refractivity contribution in [2.75, 3.05) is 18.7 Å². The van der Waals surface area contributed by atoms with E-state index >= 15 is 0 Å². The molecule has 0 aromatic carbocycles. The quantitative estimate of drug-likeness (QED) is 0.377. The molecule has 4 atom stereocenters. The van der Waals surface area contributed by atoms with E-state index in [-0.39, 0.29) is 12.4 Å². The number of anilines is 1. The summed E-state index contributed by atoms with van der Waals surface area (Å²) in [5, 5.41) is 20.2. The predicted molar refractivity (Wildman–Crippen MR) is 78.5 cm³/mol. The van der Waals surface area contributed by atoms with Gasteiger partial charge in [-0.05, 0) is 0 Å². The van der Waals surface area contributed by atoms with Crippen LogP contribution in [0.4, 0.5) is 5.82 Å². The number of ether oxygens (including phenoxy) is 2. The molecule has 2 aromatic rings. The third kappa shape index (κ3) is 3.26. The maximum atomic E-state index is 10.8. The Morgan fingerprint density at radius 2 is 2.04 bits per heavy atom. The Morgan fingerprint density at radius 1 is 1.29 bits per heavy atom. The summed E-state index contributed by atoms with van der Waals surface area (Å²) in [5.41, 5.74) is 6.33. The van der Waals surface area contributed by atoms with Gasteiger partial charge in [0.05, 0.1) is 12.9 Å². The Morgan fingerprint density at radius 3 is 2.75 bits per heavy atom.